The zero-order valence-corrected chi connectivity index (χ0v) is 11.3. The molecule has 0 saturated carbocycles. The molecule has 0 radical (unpaired) electrons. The number of aromatic carboxylic acids is 1. The Balaban J connectivity index is 2.79. The van der Waals surface area contributed by atoms with Gasteiger partial charge in [-0.3, -0.25) is 0 Å². The fraction of sp³-hybridized carbons (Fsp3) is 0.500. The van der Waals surface area contributed by atoms with E-state index in [1.165, 1.54) is 12.1 Å². The van der Waals surface area contributed by atoms with Gasteiger partial charge in [0, 0.05) is 6.54 Å². The maximum absolute atomic E-state index is 11.8. The summed E-state index contributed by atoms with van der Waals surface area (Å²) < 4.78 is 26.1. The predicted octanol–water partition coefficient (Wildman–Crippen LogP) is 1.77. The molecule has 2 N–H and O–H groups in total. The van der Waals surface area contributed by atoms with Crippen molar-refractivity contribution in [1.29, 1.82) is 0 Å². The summed E-state index contributed by atoms with van der Waals surface area (Å²) in [5, 5.41) is 8.72. The van der Waals surface area contributed by atoms with Crippen LogP contribution in [0.3, 0.4) is 0 Å². The Hall–Kier alpha value is -0.920. The molecule has 0 bridgehead atoms. The predicted molar refractivity (Wildman–Crippen MR) is 65.9 cm³/mol. The summed E-state index contributed by atoms with van der Waals surface area (Å²) in [6, 6.07) is 2.61. The van der Waals surface area contributed by atoms with Gasteiger partial charge in [0.2, 0.25) is 10.0 Å². The Morgan fingerprint density at radius 3 is 2.65 bits per heavy atom. The second-order valence-corrected chi connectivity index (χ2v) is 6.87. The minimum Gasteiger partial charge on any atom is -0.477 e. The van der Waals surface area contributed by atoms with Crippen molar-refractivity contribution in [3.63, 3.8) is 0 Å². The number of carboxylic acid groups (broad SMARTS) is 1. The molecular weight excluding hydrogens is 262 g/mol. The van der Waals surface area contributed by atoms with Gasteiger partial charge in [0.15, 0.2) is 0 Å². The number of hydrogen-bond donors (Lipinski definition) is 2. The first-order valence-corrected chi connectivity index (χ1v) is 7.49. The van der Waals surface area contributed by atoms with Crippen LogP contribution in [0.5, 0.6) is 0 Å². The van der Waals surface area contributed by atoms with Crippen LogP contribution in [0.25, 0.3) is 0 Å². The zero-order valence-electron chi connectivity index (χ0n) is 9.63. The van der Waals surface area contributed by atoms with Crippen molar-refractivity contribution in [2.24, 2.45) is 5.92 Å². The van der Waals surface area contributed by atoms with Crippen LogP contribution in [0, 0.1) is 5.92 Å². The van der Waals surface area contributed by atoms with Gasteiger partial charge < -0.3 is 5.11 Å². The van der Waals surface area contributed by atoms with Gasteiger partial charge in [-0.15, -0.1) is 11.3 Å². The summed E-state index contributed by atoms with van der Waals surface area (Å²) in [6.07, 6.45) is 0.882. The highest BCUT2D eigenvalue weighted by Gasteiger charge is 2.19. The summed E-state index contributed by atoms with van der Waals surface area (Å²) in [4.78, 5) is 10.7. The van der Waals surface area contributed by atoms with Gasteiger partial charge in [-0.2, -0.15) is 0 Å². The fourth-order valence-corrected chi connectivity index (χ4v) is 3.40. The monoisotopic (exact) mass is 277 g/mol. The van der Waals surface area contributed by atoms with Crippen LogP contribution in [0.15, 0.2) is 16.3 Å². The van der Waals surface area contributed by atoms with Crippen LogP contribution in [0.2, 0.25) is 0 Å². The van der Waals surface area contributed by atoms with Gasteiger partial charge in [-0.05, 0) is 18.1 Å². The number of thiophene rings is 1. The van der Waals surface area contributed by atoms with E-state index in [1.54, 1.807) is 0 Å². The maximum atomic E-state index is 11.8. The van der Waals surface area contributed by atoms with Crippen LogP contribution >= 0.6 is 11.3 Å². The van der Waals surface area contributed by atoms with Crippen molar-refractivity contribution in [1.82, 2.24) is 4.72 Å². The molecule has 0 fully saturated rings. The van der Waals surface area contributed by atoms with Crippen molar-refractivity contribution in [2.75, 3.05) is 6.54 Å². The van der Waals surface area contributed by atoms with Crippen LogP contribution < -0.4 is 4.72 Å². The lowest BCUT2D eigenvalue weighted by Gasteiger charge is -2.09. The Kier molecular flexibility index (Phi) is 4.67. The Morgan fingerprint density at radius 2 is 2.18 bits per heavy atom. The molecule has 1 rings (SSSR count). The minimum atomic E-state index is -3.57. The molecule has 0 saturated heterocycles. The third kappa shape index (κ3) is 3.79. The summed E-state index contributed by atoms with van der Waals surface area (Å²) in [5.74, 6) is -0.859. The maximum Gasteiger partial charge on any atom is 0.345 e. The molecule has 17 heavy (non-hydrogen) atoms. The quantitative estimate of drug-likeness (QED) is 0.830. The van der Waals surface area contributed by atoms with E-state index >= 15 is 0 Å². The van der Waals surface area contributed by atoms with E-state index in [2.05, 4.69) is 4.72 Å². The number of carboxylic acids is 1. The number of rotatable bonds is 6. The van der Waals surface area contributed by atoms with E-state index in [9.17, 15) is 13.2 Å². The average Bonchev–Trinajstić information content (AvgIpc) is 2.76. The molecule has 1 heterocycles. The second kappa shape index (κ2) is 5.61. The van der Waals surface area contributed by atoms with E-state index in [4.69, 9.17) is 5.11 Å². The SMILES string of the molecule is CCC(C)CNS(=O)(=O)c1ccc(C(=O)O)s1. The Bertz CT molecular complexity index is 492. The normalized spacial score (nSPS) is 13.5. The molecule has 7 heteroatoms. The highest BCUT2D eigenvalue weighted by atomic mass is 32.2. The highest BCUT2D eigenvalue weighted by molar-refractivity contribution is 7.91. The van der Waals surface area contributed by atoms with E-state index in [0.717, 1.165) is 17.8 Å². The summed E-state index contributed by atoms with van der Waals surface area (Å²) in [5.41, 5.74) is 0. The lowest BCUT2D eigenvalue weighted by Crippen LogP contribution is -2.27. The van der Waals surface area contributed by atoms with Gasteiger partial charge in [0.05, 0.1) is 0 Å². The third-order valence-electron chi connectivity index (χ3n) is 2.38. The summed E-state index contributed by atoms with van der Waals surface area (Å²) >= 11 is 0.757. The first-order valence-electron chi connectivity index (χ1n) is 5.19. The first kappa shape index (κ1) is 14.1. The number of sulfonamides is 1. The molecule has 0 aromatic carbocycles. The molecule has 5 nitrogen and oxygen atoms in total. The smallest absolute Gasteiger partial charge is 0.345 e. The van der Waals surface area contributed by atoms with Crippen molar-refractivity contribution < 1.29 is 18.3 Å². The number of nitrogens with one attached hydrogen (secondary N) is 1. The summed E-state index contributed by atoms with van der Waals surface area (Å²) in [7, 11) is -3.57. The van der Waals surface area contributed by atoms with Gasteiger partial charge in [0.1, 0.15) is 9.09 Å². The fourth-order valence-electron chi connectivity index (χ4n) is 1.05. The number of hydrogen-bond acceptors (Lipinski definition) is 4. The van der Waals surface area contributed by atoms with E-state index < -0.39 is 16.0 Å². The van der Waals surface area contributed by atoms with Crippen molar-refractivity contribution >= 4 is 27.3 Å². The lowest BCUT2D eigenvalue weighted by molar-refractivity contribution is 0.0702. The van der Waals surface area contributed by atoms with Gasteiger partial charge in [0.25, 0.3) is 0 Å². The third-order valence-corrected chi connectivity index (χ3v) is 5.36. The molecule has 1 atom stereocenters. The van der Waals surface area contributed by atoms with Crippen LogP contribution in [0.4, 0.5) is 0 Å². The van der Waals surface area contributed by atoms with Gasteiger partial charge in [-0.1, -0.05) is 20.3 Å². The summed E-state index contributed by atoms with van der Waals surface area (Å²) in [6.45, 7) is 4.28. The molecule has 96 valence electrons. The van der Waals surface area contributed by atoms with E-state index in [1.807, 2.05) is 13.8 Å². The molecule has 0 aliphatic rings. The highest BCUT2D eigenvalue weighted by Crippen LogP contribution is 2.21. The molecule has 1 unspecified atom stereocenters. The van der Waals surface area contributed by atoms with Crippen LogP contribution in [-0.2, 0) is 10.0 Å². The Morgan fingerprint density at radius 1 is 1.53 bits per heavy atom. The molecule has 1 aromatic heterocycles. The van der Waals surface area contributed by atoms with Crippen LogP contribution in [0.1, 0.15) is 29.9 Å². The molecule has 0 aliphatic carbocycles. The van der Waals surface area contributed by atoms with Crippen molar-refractivity contribution in [3.8, 4) is 0 Å². The molecule has 0 spiro atoms. The molecular formula is C10H15NO4S2. The second-order valence-electron chi connectivity index (χ2n) is 3.79. The van der Waals surface area contributed by atoms with Crippen molar-refractivity contribution in [2.45, 2.75) is 24.5 Å². The first-order chi connectivity index (χ1) is 7.86. The minimum absolute atomic E-state index is 0.0221. The Labute approximate surface area is 105 Å². The number of carbonyl (C=O) groups is 1. The van der Waals surface area contributed by atoms with E-state index in [0.29, 0.717) is 6.54 Å². The van der Waals surface area contributed by atoms with E-state index in [-0.39, 0.29) is 15.0 Å². The zero-order chi connectivity index (χ0) is 13.1. The molecule has 0 amide bonds. The van der Waals surface area contributed by atoms with Gasteiger partial charge in [-0.25, -0.2) is 17.9 Å². The molecule has 1 aromatic rings. The average molecular weight is 277 g/mol. The molecule has 0 aliphatic heterocycles. The standard InChI is InChI=1S/C10H15NO4S2/c1-3-7(2)6-11-17(14,15)9-5-4-8(16-9)10(12)13/h4-5,7,11H,3,6H2,1-2H3,(H,12,13). The van der Waals surface area contributed by atoms with Crippen molar-refractivity contribution in [3.05, 3.63) is 17.0 Å². The lowest BCUT2D eigenvalue weighted by atomic mass is 10.1. The topological polar surface area (TPSA) is 83.5 Å². The largest absolute Gasteiger partial charge is 0.477 e. The van der Waals surface area contributed by atoms with Crippen LogP contribution in [-0.4, -0.2) is 26.0 Å². The van der Waals surface area contributed by atoms with Gasteiger partial charge >= 0.3 is 5.97 Å².